The fourth-order valence-electron chi connectivity index (χ4n) is 2.69. The van der Waals surface area contributed by atoms with Gasteiger partial charge in [-0.15, -0.1) is 0 Å². The molecule has 90 valence electrons. The van der Waals surface area contributed by atoms with Crippen LogP contribution in [-0.2, 0) is 6.54 Å². The van der Waals surface area contributed by atoms with Crippen molar-refractivity contribution >= 4 is 15.7 Å². The van der Waals surface area contributed by atoms with Gasteiger partial charge in [0.1, 0.15) is 15.7 Å². The molecule has 1 aromatic carbocycles. The molecule has 2 nitrogen and oxygen atoms in total. The Balaban J connectivity index is 1.98. The third-order valence-corrected chi connectivity index (χ3v) is 3.47. The van der Waals surface area contributed by atoms with E-state index in [1.807, 2.05) is 0 Å². The van der Waals surface area contributed by atoms with Crippen molar-refractivity contribution < 1.29 is 0 Å². The number of nitrogens with zero attached hydrogens (tertiary/aromatic N) is 1. The van der Waals surface area contributed by atoms with E-state index in [0.717, 1.165) is 13.1 Å². The van der Waals surface area contributed by atoms with Gasteiger partial charge in [0.2, 0.25) is 0 Å². The number of hydrogen-bond acceptors (Lipinski definition) is 2. The molecular weight excluding hydrogens is 206 g/mol. The zero-order valence-corrected chi connectivity index (χ0v) is 11.2. The highest BCUT2D eigenvalue weighted by Gasteiger charge is 2.25. The summed E-state index contributed by atoms with van der Waals surface area (Å²) in [5, 5.41) is 3.96. The summed E-state index contributed by atoms with van der Waals surface area (Å²) in [4.78, 5) is 2.56. The zero-order chi connectivity index (χ0) is 12.3. The number of hydrogen-bond donors (Lipinski definition) is 1. The van der Waals surface area contributed by atoms with Gasteiger partial charge in [0.15, 0.2) is 0 Å². The van der Waals surface area contributed by atoms with E-state index in [0.29, 0.717) is 6.04 Å². The lowest BCUT2D eigenvalue weighted by atomic mass is 9.60. The molecule has 0 saturated carbocycles. The van der Waals surface area contributed by atoms with E-state index in [2.05, 4.69) is 63.2 Å². The molecule has 1 N–H and O–H groups in total. The molecular formula is C13H22B2N2. The van der Waals surface area contributed by atoms with Crippen molar-refractivity contribution in [2.45, 2.75) is 31.3 Å². The molecule has 1 aromatic rings. The van der Waals surface area contributed by atoms with E-state index < -0.39 is 0 Å². The van der Waals surface area contributed by atoms with Crippen LogP contribution < -0.4 is 5.32 Å². The number of rotatable bonds is 2. The molecule has 2 rings (SSSR count). The topological polar surface area (TPSA) is 15.3 Å². The lowest BCUT2D eigenvalue weighted by Crippen LogP contribution is -2.50. The van der Waals surface area contributed by atoms with Crippen LogP contribution in [0, 0.1) is 0 Å². The predicted octanol–water partition coefficient (Wildman–Crippen LogP) is -0.210. The van der Waals surface area contributed by atoms with Gasteiger partial charge in [0.25, 0.3) is 0 Å². The normalized spacial score (nSPS) is 25.4. The van der Waals surface area contributed by atoms with Gasteiger partial charge in [0, 0.05) is 19.1 Å². The highest BCUT2D eigenvalue weighted by Crippen LogP contribution is 2.13. The summed E-state index contributed by atoms with van der Waals surface area (Å²) in [6, 6.07) is 11.3. The molecule has 0 radical (unpaired) electrons. The number of benzene rings is 1. The van der Waals surface area contributed by atoms with E-state index in [4.69, 9.17) is 0 Å². The second kappa shape index (κ2) is 5.28. The van der Waals surface area contributed by atoms with Crippen LogP contribution >= 0.6 is 0 Å². The highest BCUT2D eigenvalue weighted by atomic mass is 15.2. The summed E-state index contributed by atoms with van der Waals surface area (Å²) in [5.74, 6) is 0. The molecule has 1 heterocycles. The Morgan fingerprint density at radius 2 is 2.06 bits per heavy atom. The molecule has 0 aliphatic carbocycles. The van der Waals surface area contributed by atoms with E-state index in [1.54, 1.807) is 0 Å². The standard InChI is InChI=1S/C13H22B2N2/c1-11-9-17(8-7-13(14,15)16-11)10-12-5-3-2-4-6-12/h2-6,11,16H,7-10,14-15H2,1H3. The first kappa shape index (κ1) is 12.7. The lowest BCUT2D eigenvalue weighted by molar-refractivity contribution is 0.264. The van der Waals surface area contributed by atoms with E-state index in [1.165, 1.54) is 18.5 Å². The number of nitrogens with one attached hydrogen (secondary N) is 1. The maximum Gasteiger partial charge on any atom is 0.116 e. The molecule has 0 spiro atoms. The van der Waals surface area contributed by atoms with Crippen LogP contribution in [0.15, 0.2) is 30.3 Å². The van der Waals surface area contributed by atoms with Gasteiger partial charge >= 0.3 is 0 Å². The quantitative estimate of drug-likeness (QED) is 0.704. The third-order valence-electron chi connectivity index (χ3n) is 3.47. The molecule has 1 aliphatic heterocycles. The second-order valence-electron chi connectivity index (χ2n) is 5.90. The summed E-state index contributed by atoms with van der Waals surface area (Å²) in [6.07, 6.45) is 1.21. The molecule has 1 saturated heterocycles. The summed E-state index contributed by atoms with van der Waals surface area (Å²) in [6.45, 7) is 5.67. The monoisotopic (exact) mass is 228 g/mol. The Bertz CT molecular complexity index is 354. The van der Waals surface area contributed by atoms with Gasteiger partial charge in [-0.25, -0.2) is 0 Å². The summed E-state index contributed by atoms with van der Waals surface area (Å²) in [5.41, 5.74) is 1.42. The van der Waals surface area contributed by atoms with Crippen LogP contribution in [0.3, 0.4) is 0 Å². The summed E-state index contributed by atoms with van der Waals surface area (Å²) < 4.78 is 0. The lowest BCUT2D eigenvalue weighted by Gasteiger charge is -2.26. The molecule has 0 amide bonds. The molecule has 4 heteroatoms. The average molecular weight is 228 g/mol. The second-order valence-corrected chi connectivity index (χ2v) is 5.90. The molecule has 0 bridgehead atoms. The van der Waals surface area contributed by atoms with Crippen LogP contribution in [0.1, 0.15) is 18.9 Å². The SMILES string of the molecule is BC1(B)CCN(Cc2ccccc2)CC(C)N1. The zero-order valence-electron chi connectivity index (χ0n) is 11.2. The summed E-state index contributed by atoms with van der Waals surface area (Å²) >= 11 is 0. The van der Waals surface area contributed by atoms with Crippen molar-refractivity contribution in [2.75, 3.05) is 13.1 Å². The van der Waals surface area contributed by atoms with E-state index in [9.17, 15) is 0 Å². The molecule has 1 unspecified atom stereocenters. The first-order valence-electron chi connectivity index (χ1n) is 6.59. The molecule has 1 fully saturated rings. The summed E-state index contributed by atoms with van der Waals surface area (Å²) in [7, 11) is 4.60. The van der Waals surface area contributed by atoms with Crippen molar-refractivity contribution in [3.63, 3.8) is 0 Å². The predicted molar refractivity (Wildman–Crippen MR) is 78.8 cm³/mol. The van der Waals surface area contributed by atoms with Gasteiger partial charge in [-0.1, -0.05) is 30.3 Å². The Labute approximate surface area is 107 Å². The molecule has 1 atom stereocenters. The molecule has 17 heavy (non-hydrogen) atoms. The minimum atomic E-state index is 0.269. The molecule has 0 aromatic heterocycles. The Morgan fingerprint density at radius 3 is 2.76 bits per heavy atom. The third kappa shape index (κ3) is 3.90. The van der Waals surface area contributed by atoms with Crippen molar-refractivity contribution in [3.05, 3.63) is 35.9 Å². The van der Waals surface area contributed by atoms with Crippen LogP contribution in [0.2, 0.25) is 0 Å². The van der Waals surface area contributed by atoms with Crippen LogP contribution in [0.25, 0.3) is 0 Å². The first-order chi connectivity index (χ1) is 8.05. The Hall–Kier alpha value is -0.730. The van der Waals surface area contributed by atoms with Gasteiger partial charge in [-0.3, -0.25) is 4.90 Å². The minimum Gasteiger partial charge on any atom is -0.323 e. The van der Waals surface area contributed by atoms with Crippen LogP contribution in [0.4, 0.5) is 0 Å². The molecule has 1 aliphatic rings. The minimum absolute atomic E-state index is 0.269. The van der Waals surface area contributed by atoms with Gasteiger partial charge in [-0.2, -0.15) is 0 Å². The largest absolute Gasteiger partial charge is 0.323 e. The Kier molecular flexibility index (Phi) is 3.95. The van der Waals surface area contributed by atoms with Crippen LogP contribution in [-0.4, -0.2) is 45.1 Å². The fourth-order valence-corrected chi connectivity index (χ4v) is 2.69. The van der Waals surface area contributed by atoms with E-state index >= 15 is 0 Å². The first-order valence-corrected chi connectivity index (χ1v) is 6.59. The smallest absolute Gasteiger partial charge is 0.116 e. The van der Waals surface area contributed by atoms with Gasteiger partial charge in [-0.05, 0) is 30.8 Å². The Morgan fingerprint density at radius 1 is 1.35 bits per heavy atom. The van der Waals surface area contributed by atoms with Gasteiger partial charge in [0.05, 0.1) is 0 Å². The average Bonchev–Trinajstić information content (AvgIpc) is 2.38. The maximum absolute atomic E-state index is 3.69. The van der Waals surface area contributed by atoms with Crippen molar-refractivity contribution in [3.8, 4) is 0 Å². The maximum atomic E-state index is 3.69. The van der Waals surface area contributed by atoms with Crippen molar-refractivity contribution in [2.24, 2.45) is 0 Å². The van der Waals surface area contributed by atoms with Crippen molar-refractivity contribution in [1.82, 2.24) is 10.2 Å². The fraction of sp³-hybridized carbons (Fsp3) is 0.538. The van der Waals surface area contributed by atoms with Crippen molar-refractivity contribution in [1.29, 1.82) is 0 Å². The van der Waals surface area contributed by atoms with E-state index in [-0.39, 0.29) is 5.34 Å². The highest BCUT2D eigenvalue weighted by molar-refractivity contribution is 6.40. The van der Waals surface area contributed by atoms with Crippen LogP contribution in [0.5, 0.6) is 0 Å². The van der Waals surface area contributed by atoms with Gasteiger partial charge < -0.3 is 5.32 Å².